The van der Waals surface area contributed by atoms with Gasteiger partial charge in [0.15, 0.2) is 5.78 Å². The number of nitrogens with zero attached hydrogens (tertiary/aromatic N) is 2. The molecule has 6 heteroatoms. The Bertz CT molecular complexity index is 826. The predicted molar refractivity (Wildman–Crippen MR) is 111 cm³/mol. The van der Waals surface area contributed by atoms with Crippen LogP contribution in [-0.4, -0.2) is 39.5 Å². The molecule has 2 heterocycles. The lowest BCUT2D eigenvalue weighted by molar-refractivity contribution is 0.0525. The van der Waals surface area contributed by atoms with Crippen molar-refractivity contribution < 1.29 is 14.7 Å². The van der Waals surface area contributed by atoms with E-state index in [-0.39, 0.29) is 23.2 Å². The molecule has 0 saturated carbocycles. The van der Waals surface area contributed by atoms with E-state index >= 15 is 0 Å². The third-order valence-electron chi connectivity index (χ3n) is 5.49. The molecule has 1 N–H and O–H groups in total. The van der Waals surface area contributed by atoms with Gasteiger partial charge in [0.05, 0.1) is 5.01 Å². The second-order valence-electron chi connectivity index (χ2n) is 8.56. The van der Waals surface area contributed by atoms with E-state index in [9.17, 15) is 14.7 Å². The van der Waals surface area contributed by atoms with Gasteiger partial charge in [-0.2, -0.15) is 0 Å². The molecule has 1 aromatic carbocycles. The Morgan fingerprint density at radius 2 is 1.96 bits per heavy atom. The number of aromatic nitrogens is 1. The first-order valence-corrected chi connectivity index (χ1v) is 10.7. The van der Waals surface area contributed by atoms with E-state index in [0.29, 0.717) is 18.7 Å². The number of benzene rings is 1. The standard InChI is InChI=1S/C22H28N2O3S/c1-22(2,3)19-13-16(11-12-24(19)21(26)27)20-23-17(14-28-20)18(25)10-9-15-7-5-4-6-8-15/h4-8,14,16,19H,9-13H2,1-3H3,(H,26,27). The van der Waals surface area contributed by atoms with E-state index in [2.05, 4.69) is 25.8 Å². The zero-order chi connectivity index (χ0) is 20.3. The number of Topliss-reactive ketones (excluding diaryl/α,β-unsaturated/α-hetero) is 1. The van der Waals surface area contributed by atoms with Crippen LogP contribution in [0.25, 0.3) is 0 Å². The van der Waals surface area contributed by atoms with Crippen molar-refractivity contribution in [3.63, 3.8) is 0 Å². The number of rotatable bonds is 5. The highest BCUT2D eigenvalue weighted by atomic mass is 32.1. The van der Waals surface area contributed by atoms with Gasteiger partial charge in [-0.15, -0.1) is 11.3 Å². The average molecular weight is 401 g/mol. The summed E-state index contributed by atoms with van der Waals surface area (Å²) in [6.45, 7) is 6.75. The number of hydrogen-bond acceptors (Lipinski definition) is 4. The minimum atomic E-state index is -0.853. The first-order chi connectivity index (χ1) is 13.3. The first-order valence-electron chi connectivity index (χ1n) is 9.78. The molecule has 0 bridgehead atoms. The van der Waals surface area contributed by atoms with Gasteiger partial charge in [0, 0.05) is 30.3 Å². The molecule has 0 spiro atoms. The number of amides is 1. The Hall–Kier alpha value is -2.21. The van der Waals surface area contributed by atoms with E-state index < -0.39 is 6.09 Å². The average Bonchev–Trinajstić information content (AvgIpc) is 3.16. The van der Waals surface area contributed by atoms with E-state index in [1.807, 2.05) is 35.7 Å². The molecule has 1 fully saturated rings. The quantitative estimate of drug-likeness (QED) is 0.698. The Labute approximate surface area is 170 Å². The molecular weight excluding hydrogens is 372 g/mol. The smallest absolute Gasteiger partial charge is 0.407 e. The molecule has 1 amide bonds. The first kappa shape index (κ1) is 20.5. The van der Waals surface area contributed by atoms with Gasteiger partial charge in [-0.25, -0.2) is 9.78 Å². The summed E-state index contributed by atoms with van der Waals surface area (Å²) in [6, 6.07) is 9.94. The molecule has 1 aliphatic heterocycles. The van der Waals surface area contributed by atoms with E-state index in [1.165, 1.54) is 11.3 Å². The molecule has 3 rings (SSSR count). The van der Waals surface area contributed by atoms with Gasteiger partial charge in [0.2, 0.25) is 0 Å². The van der Waals surface area contributed by atoms with Gasteiger partial charge in [0.25, 0.3) is 0 Å². The highest BCUT2D eigenvalue weighted by Gasteiger charge is 2.39. The number of piperidine rings is 1. The number of carboxylic acid groups (broad SMARTS) is 1. The van der Waals surface area contributed by atoms with Crippen LogP contribution in [0.1, 0.15) is 67.0 Å². The molecule has 0 aliphatic carbocycles. The summed E-state index contributed by atoms with van der Waals surface area (Å²) in [4.78, 5) is 30.3. The van der Waals surface area contributed by atoms with Crippen LogP contribution in [0.15, 0.2) is 35.7 Å². The molecule has 1 aliphatic rings. The van der Waals surface area contributed by atoms with E-state index in [4.69, 9.17) is 0 Å². The van der Waals surface area contributed by atoms with Crippen molar-refractivity contribution in [2.75, 3.05) is 6.54 Å². The third kappa shape index (κ3) is 4.79. The summed E-state index contributed by atoms with van der Waals surface area (Å²) < 4.78 is 0. The molecule has 2 aromatic rings. The summed E-state index contributed by atoms with van der Waals surface area (Å²) in [5, 5.41) is 12.3. The highest BCUT2D eigenvalue weighted by Crippen LogP contribution is 2.39. The number of likely N-dealkylation sites (tertiary alicyclic amines) is 1. The van der Waals surface area contributed by atoms with E-state index in [0.717, 1.165) is 29.8 Å². The monoisotopic (exact) mass is 400 g/mol. The molecule has 2 atom stereocenters. The number of ketones is 1. The summed E-state index contributed by atoms with van der Waals surface area (Å²) in [5.41, 5.74) is 1.56. The van der Waals surface area contributed by atoms with Crippen LogP contribution in [0.2, 0.25) is 0 Å². The van der Waals surface area contributed by atoms with Crippen LogP contribution in [0, 0.1) is 5.41 Å². The van der Waals surface area contributed by atoms with Crippen LogP contribution < -0.4 is 0 Å². The van der Waals surface area contributed by atoms with Gasteiger partial charge in [-0.1, -0.05) is 51.1 Å². The number of thiazole rings is 1. The summed E-state index contributed by atoms with van der Waals surface area (Å²) >= 11 is 1.53. The van der Waals surface area contributed by atoms with Crippen molar-refractivity contribution in [3.05, 3.63) is 52.0 Å². The van der Waals surface area contributed by atoms with Gasteiger partial charge >= 0.3 is 6.09 Å². The Morgan fingerprint density at radius 3 is 2.61 bits per heavy atom. The maximum Gasteiger partial charge on any atom is 0.407 e. The van der Waals surface area contributed by atoms with Gasteiger partial charge < -0.3 is 10.0 Å². The molecular formula is C22H28N2O3S. The number of carbonyl (C=O) groups excluding carboxylic acids is 1. The van der Waals surface area contributed by atoms with Crippen LogP contribution >= 0.6 is 11.3 Å². The van der Waals surface area contributed by atoms with Crippen LogP contribution in [0.3, 0.4) is 0 Å². The van der Waals surface area contributed by atoms with Gasteiger partial charge in [0.1, 0.15) is 5.69 Å². The van der Waals surface area contributed by atoms with Crippen molar-refractivity contribution in [2.24, 2.45) is 5.41 Å². The zero-order valence-electron chi connectivity index (χ0n) is 16.7. The minimum absolute atomic E-state index is 0.0510. The molecule has 150 valence electrons. The molecule has 2 unspecified atom stereocenters. The third-order valence-corrected chi connectivity index (χ3v) is 6.50. The SMILES string of the molecule is CC(C)(C)C1CC(c2nc(C(=O)CCc3ccccc3)cs2)CCN1C(=O)O. The topological polar surface area (TPSA) is 70.5 Å². The van der Waals surface area contributed by atoms with Crippen LogP contribution in [-0.2, 0) is 6.42 Å². The maximum absolute atomic E-state index is 12.5. The zero-order valence-corrected chi connectivity index (χ0v) is 17.5. The molecule has 1 aromatic heterocycles. The van der Waals surface area contributed by atoms with Gasteiger partial charge in [-0.3, -0.25) is 4.79 Å². The molecule has 0 radical (unpaired) electrons. The molecule has 1 saturated heterocycles. The van der Waals surface area contributed by atoms with Crippen molar-refractivity contribution in [2.45, 2.75) is 58.4 Å². The minimum Gasteiger partial charge on any atom is -0.465 e. The number of hydrogen-bond donors (Lipinski definition) is 1. The second kappa shape index (κ2) is 8.43. The van der Waals surface area contributed by atoms with Crippen molar-refractivity contribution >= 4 is 23.2 Å². The fraction of sp³-hybridized carbons (Fsp3) is 0.500. The second-order valence-corrected chi connectivity index (χ2v) is 9.45. The Balaban J connectivity index is 1.66. The Kier molecular flexibility index (Phi) is 6.18. The lowest BCUT2D eigenvalue weighted by Crippen LogP contribution is -2.51. The highest BCUT2D eigenvalue weighted by molar-refractivity contribution is 7.09. The van der Waals surface area contributed by atoms with Crippen LogP contribution in [0.5, 0.6) is 0 Å². The normalized spacial score (nSPS) is 20.2. The van der Waals surface area contributed by atoms with E-state index in [1.54, 1.807) is 4.90 Å². The molecule has 28 heavy (non-hydrogen) atoms. The fourth-order valence-electron chi connectivity index (χ4n) is 3.87. The van der Waals surface area contributed by atoms with Crippen molar-refractivity contribution in [1.29, 1.82) is 0 Å². The lowest BCUT2D eigenvalue weighted by Gasteiger charge is -2.44. The predicted octanol–water partition coefficient (Wildman–Crippen LogP) is 5.23. The molecule has 5 nitrogen and oxygen atoms in total. The van der Waals surface area contributed by atoms with Crippen molar-refractivity contribution in [1.82, 2.24) is 9.88 Å². The Morgan fingerprint density at radius 1 is 1.25 bits per heavy atom. The van der Waals surface area contributed by atoms with Crippen LogP contribution in [0.4, 0.5) is 4.79 Å². The number of aryl methyl sites for hydroxylation is 1. The van der Waals surface area contributed by atoms with Crippen molar-refractivity contribution in [3.8, 4) is 0 Å². The summed E-state index contributed by atoms with van der Waals surface area (Å²) in [6.07, 6.45) is 1.82. The van der Waals surface area contributed by atoms with Gasteiger partial charge in [-0.05, 0) is 30.2 Å². The summed E-state index contributed by atoms with van der Waals surface area (Å²) in [7, 11) is 0. The largest absolute Gasteiger partial charge is 0.465 e. The maximum atomic E-state index is 12.5. The fourth-order valence-corrected chi connectivity index (χ4v) is 4.85. The lowest BCUT2D eigenvalue weighted by atomic mass is 9.77. The number of carbonyl (C=O) groups is 2. The summed E-state index contributed by atoms with van der Waals surface area (Å²) in [5.74, 6) is 0.280.